The number of ether oxygens (including phenoxy) is 1. The summed E-state index contributed by atoms with van der Waals surface area (Å²) in [7, 11) is 0.0315. The number of hydrogen-bond donors (Lipinski definition) is 2. The van der Waals surface area contributed by atoms with Crippen LogP contribution in [0.1, 0.15) is 25.5 Å². The summed E-state index contributed by atoms with van der Waals surface area (Å²) in [6, 6.07) is 2.34. The van der Waals surface area contributed by atoms with Gasteiger partial charge in [0, 0.05) is 51.8 Å². The Labute approximate surface area is 126 Å². The highest BCUT2D eigenvalue weighted by Gasteiger charge is 2.22. The Balaban J connectivity index is 1.96. The summed E-state index contributed by atoms with van der Waals surface area (Å²) in [5, 5.41) is 3.39. The van der Waals surface area contributed by atoms with E-state index in [1.54, 1.807) is 19.4 Å². The minimum absolute atomic E-state index is 0.143. The molecule has 6 nitrogen and oxygen atoms in total. The van der Waals surface area contributed by atoms with Crippen LogP contribution in [0.4, 0.5) is 0 Å². The van der Waals surface area contributed by atoms with Crippen LogP contribution in [0.25, 0.3) is 0 Å². The molecule has 1 saturated carbocycles. The summed E-state index contributed by atoms with van der Waals surface area (Å²) < 4.78 is 34.1. The van der Waals surface area contributed by atoms with E-state index in [1.165, 1.54) is 12.8 Å². The van der Waals surface area contributed by atoms with E-state index in [-0.39, 0.29) is 5.92 Å². The van der Waals surface area contributed by atoms with Crippen LogP contribution in [0.3, 0.4) is 0 Å². The van der Waals surface area contributed by atoms with Gasteiger partial charge in [-0.3, -0.25) is 0 Å². The second-order valence-corrected chi connectivity index (χ2v) is 7.61. The average Bonchev–Trinajstić information content (AvgIpc) is 3.17. The van der Waals surface area contributed by atoms with Crippen molar-refractivity contribution in [2.45, 2.75) is 37.2 Å². The molecule has 7 heteroatoms. The quantitative estimate of drug-likeness (QED) is 0.708. The van der Waals surface area contributed by atoms with Crippen molar-refractivity contribution in [2.24, 2.45) is 13.0 Å². The molecular formula is C14H25N3O3S. The third-order valence-corrected chi connectivity index (χ3v) is 5.01. The zero-order valence-corrected chi connectivity index (χ0v) is 13.7. The molecule has 0 radical (unpaired) electrons. The molecule has 0 amide bonds. The monoisotopic (exact) mass is 315 g/mol. The summed E-state index contributed by atoms with van der Waals surface area (Å²) in [4.78, 5) is 0.321. The number of aromatic nitrogens is 1. The number of hydrogen-bond acceptors (Lipinski definition) is 4. The summed E-state index contributed by atoms with van der Waals surface area (Å²) in [6.07, 6.45) is 4.09. The molecule has 0 saturated heterocycles. The Morgan fingerprint density at radius 2 is 2.19 bits per heavy atom. The molecule has 0 aliphatic heterocycles. The third kappa shape index (κ3) is 4.81. The first kappa shape index (κ1) is 16.5. The molecule has 1 aromatic rings. The van der Waals surface area contributed by atoms with E-state index in [9.17, 15) is 8.42 Å². The first-order valence-electron chi connectivity index (χ1n) is 7.29. The van der Waals surface area contributed by atoms with Gasteiger partial charge in [0.25, 0.3) is 0 Å². The smallest absolute Gasteiger partial charge is 0.242 e. The van der Waals surface area contributed by atoms with Crippen LogP contribution in [-0.2, 0) is 28.4 Å². The van der Waals surface area contributed by atoms with Gasteiger partial charge in [-0.25, -0.2) is 13.1 Å². The maximum atomic E-state index is 12.3. The van der Waals surface area contributed by atoms with E-state index < -0.39 is 10.0 Å². The Morgan fingerprint density at radius 1 is 1.48 bits per heavy atom. The SMILES string of the molecule is COCC(C)CNS(=O)(=O)c1cc(CNC2CC2)n(C)c1. The van der Waals surface area contributed by atoms with E-state index in [0.717, 1.165) is 5.69 Å². The van der Waals surface area contributed by atoms with Gasteiger partial charge in [0.2, 0.25) is 10.0 Å². The molecule has 0 bridgehead atoms. The second kappa shape index (κ2) is 6.91. The van der Waals surface area contributed by atoms with Gasteiger partial charge in [0.05, 0.1) is 4.90 Å². The lowest BCUT2D eigenvalue weighted by Crippen LogP contribution is -2.29. The van der Waals surface area contributed by atoms with Gasteiger partial charge in [0.15, 0.2) is 0 Å². The van der Waals surface area contributed by atoms with E-state index in [2.05, 4.69) is 10.0 Å². The molecule has 21 heavy (non-hydrogen) atoms. The zero-order valence-electron chi connectivity index (χ0n) is 12.9. The standard InChI is InChI=1S/C14H25N3O3S/c1-11(10-20-3)7-16-21(18,19)14-6-13(17(2)9-14)8-15-12-4-5-12/h6,9,11-12,15-16H,4-5,7-8,10H2,1-3H3. The number of sulfonamides is 1. The number of nitrogens with zero attached hydrogens (tertiary/aromatic N) is 1. The third-order valence-electron chi connectivity index (χ3n) is 3.62. The minimum atomic E-state index is -3.45. The van der Waals surface area contributed by atoms with Crippen molar-refractivity contribution < 1.29 is 13.2 Å². The van der Waals surface area contributed by atoms with Gasteiger partial charge in [-0.1, -0.05) is 6.92 Å². The highest BCUT2D eigenvalue weighted by molar-refractivity contribution is 7.89. The maximum Gasteiger partial charge on any atom is 0.242 e. The fourth-order valence-electron chi connectivity index (χ4n) is 2.11. The van der Waals surface area contributed by atoms with Crippen molar-refractivity contribution in [3.63, 3.8) is 0 Å². The van der Waals surface area contributed by atoms with E-state index >= 15 is 0 Å². The molecule has 0 aromatic carbocycles. The highest BCUT2D eigenvalue weighted by Crippen LogP contribution is 2.20. The molecule has 1 aliphatic rings. The van der Waals surface area contributed by atoms with Crippen LogP contribution >= 0.6 is 0 Å². The summed E-state index contributed by atoms with van der Waals surface area (Å²) >= 11 is 0. The van der Waals surface area contributed by atoms with Gasteiger partial charge in [-0.15, -0.1) is 0 Å². The van der Waals surface area contributed by atoms with Crippen LogP contribution < -0.4 is 10.0 Å². The highest BCUT2D eigenvalue weighted by atomic mass is 32.2. The predicted octanol–water partition coefficient (Wildman–Crippen LogP) is 0.838. The lowest BCUT2D eigenvalue weighted by Gasteiger charge is -2.11. The lowest BCUT2D eigenvalue weighted by molar-refractivity contribution is 0.161. The van der Waals surface area contributed by atoms with Gasteiger partial charge in [0.1, 0.15) is 0 Å². The van der Waals surface area contributed by atoms with Crippen molar-refractivity contribution in [1.29, 1.82) is 0 Å². The van der Waals surface area contributed by atoms with Crippen molar-refractivity contribution in [3.8, 4) is 0 Å². The molecule has 1 fully saturated rings. The maximum absolute atomic E-state index is 12.3. The predicted molar refractivity (Wildman–Crippen MR) is 81.5 cm³/mol. The first-order valence-corrected chi connectivity index (χ1v) is 8.78. The van der Waals surface area contributed by atoms with Crippen LogP contribution in [-0.4, -0.2) is 39.3 Å². The van der Waals surface area contributed by atoms with Crippen molar-refractivity contribution in [1.82, 2.24) is 14.6 Å². The fourth-order valence-corrected chi connectivity index (χ4v) is 3.37. The van der Waals surface area contributed by atoms with Gasteiger partial charge in [-0.05, 0) is 24.8 Å². The number of aryl methyl sites for hydroxylation is 1. The van der Waals surface area contributed by atoms with Gasteiger partial charge < -0.3 is 14.6 Å². The largest absolute Gasteiger partial charge is 0.384 e. The summed E-state index contributed by atoms with van der Waals surface area (Å²) in [5.41, 5.74) is 0.979. The van der Waals surface area contributed by atoms with Gasteiger partial charge in [-0.2, -0.15) is 0 Å². The minimum Gasteiger partial charge on any atom is -0.384 e. The number of nitrogens with one attached hydrogen (secondary N) is 2. The molecule has 1 aromatic heterocycles. The molecule has 1 atom stereocenters. The Bertz CT molecular complexity index is 564. The van der Waals surface area contributed by atoms with E-state index in [0.29, 0.717) is 30.6 Å². The Kier molecular flexibility index (Phi) is 5.43. The molecule has 2 N–H and O–H groups in total. The van der Waals surface area contributed by atoms with Crippen molar-refractivity contribution in [2.75, 3.05) is 20.3 Å². The van der Waals surface area contributed by atoms with Crippen LogP contribution in [0.5, 0.6) is 0 Å². The summed E-state index contributed by atoms with van der Waals surface area (Å²) in [6.45, 7) is 3.56. The Morgan fingerprint density at radius 3 is 2.81 bits per heavy atom. The van der Waals surface area contributed by atoms with E-state index in [4.69, 9.17) is 4.74 Å². The molecular weight excluding hydrogens is 290 g/mol. The molecule has 1 aliphatic carbocycles. The molecule has 120 valence electrons. The van der Waals surface area contributed by atoms with Gasteiger partial charge >= 0.3 is 0 Å². The number of methoxy groups -OCH3 is 1. The molecule has 1 heterocycles. The normalized spacial score (nSPS) is 17.1. The summed E-state index contributed by atoms with van der Waals surface area (Å²) in [5.74, 6) is 0.143. The number of rotatable bonds is 9. The second-order valence-electron chi connectivity index (χ2n) is 5.85. The topological polar surface area (TPSA) is 72.4 Å². The molecule has 2 rings (SSSR count). The first-order chi connectivity index (χ1) is 9.92. The van der Waals surface area contributed by atoms with Crippen molar-refractivity contribution >= 4 is 10.0 Å². The van der Waals surface area contributed by atoms with Crippen molar-refractivity contribution in [3.05, 3.63) is 18.0 Å². The fraction of sp³-hybridized carbons (Fsp3) is 0.714. The lowest BCUT2D eigenvalue weighted by atomic mass is 10.2. The molecule has 1 unspecified atom stereocenters. The van der Waals surface area contributed by atoms with Crippen LogP contribution in [0.15, 0.2) is 17.2 Å². The Hall–Kier alpha value is -0.890. The average molecular weight is 315 g/mol. The van der Waals surface area contributed by atoms with E-state index in [1.807, 2.05) is 18.5 Å². The molecule has 0 spiro atoms. The van der Waals surface area contributed by atoms with Crippen LogP contribution in [0.2, 0.25) is 0 Å². The zero-order chi connectivity index (χ0) is 15.5. The van der Waals surface area contributed by atoms with Crippen LogP contribution in [0, 0.1) is 5.92 Å².